The molecule has 0 aliphatic carbocycles. The summed E-state index contributed by atoms with van der Waals surface area (Å²) in [6.07, 6.45) is 0. The summed E-state index contributed by atoms with van der Waals surface area (Å²) < 4.78 is 9.97. The zero-order chi connectivity index (χ0) is 41.6. The Bertz CT molecular complexity index is 3860. The van der Waals surface area contributed by atoms with E-state index >= 15 is 0 Å². The van der Waals surface area contributed by atoms with Gasteiger partial charge in [-0.05, 0) is 113 Å². The van der Waals surface area contributed by atoms with Gasteiger partial charge >= 0.3 is 0 Å². The van der Waals surface area contributed by atoms with Gasteiger partial charge in [-0.25, -0.2) is 0 Å². The van der Waals surface area contributed by atoms with Crippen LogP contribution in [0.25, 0.3) is 94.3 Å². The van der Waals surface area contributed by atoms with E-state index in [2.05, 4.69) is 217 Å². The second-order valence-electron chi connectivity index (χ2n) is 17.8. The number of ether oxygens (including phenoxy) is 1. The molecule has 0 atom stereocenters. The summed E-state index contributed by atoms with van der Waals surface area (Å²) in [5.41, 5.74) is 26.2. The Hall–Kier alpha value is -8.07. The molecule has 0 fully saturated rings. The van der Waals surface area contributed by atoms with E-state index in [1.165, 1.54) is 127 Å². The lowest BCUT2D eigenvalue weighted by Crippen LogP contribution is -2.60. The molecule has 292 valence electrons. The number of hydrogen-bond donors (Lipinski definition) is 0. The standard InChI is InChI=1S/C60H35B2NO/c1-6-21-41-36(16-1)38-18-3-7-22-42(38)47-27-15-31-56-58(47)62(51-29-13-10-25-45(41)51)53-34-55-52(35-57(53)64-56)61-50-28-12-9-24-44(50)40-20-5-2-17-37(40)39-19-4-8-23-43(39)48-32-33-49-46-26-11-14-30-54(46)63(55)60(49)59(48)61/h1-35H. The monoisotopic (exact) mass is 807 g/mol. The van der Waals surface area contributed by atoms with Gasteiger partial charge in [0.15, 0.2) is 0 Å². The van der Waals surface area contributed by atoms with Crippen LogP contribution in [0.3, 0.4) is 0 Å². The molecule has 4 aliphatic heterocycles. The smallest absolute Gasteiger partial charge is 0.252 e. The lowest BCUT2D eigenvalue weighted by Gasteiger charge is -2.34. The summed E-state index contributed by atoms with van der Waals surface area (Å²) in [7, 11) is 0. The van der Waals surface area contributed by atoms with Gasteiger partial charge < -0.3 is 9.30 Å². The predicted molar refractivity (Wildman–Crippen MR) is 269 cm³/mol. The van der Waals surface area contributed by atoms with Crippen LogP contribution in [0, 0.1) is 0 Å². The molecule has 0 saturated carbocycles. The van der Waals surface area contributed by atoms with E-state index in [-0.39, 0.29) is 13.4 Å². The molecule has 0 spiro atoms. The number of fused-ring (bicyclic) bond motifs is 22. The molecule has 2 nitrogen and oxygen atoms in total. The van der Waals surface area contributed by atoms with Gasteiger partial charge in [0.05, 0.1) is 5.52 Å². The van der Waals surface area contributed by atoms with E-state index in [9.17, 15) is 0 Å². The maximum atomic E-state index is 7.38. The van der Waals surface area contributed by atoms with Gasteiger partial charge in [0, 0.05) is 22.0 Å². The highest BCUT2D eigenvalue weighted by Crippen LogP contribution is 2.45. The first-order valence-corrected chi connectivity index (χ1v) is 22.4. The van der Waals surface area contributed by atoms with E-state index in [1.54, 1.807) is 0 Å². The fourth-order valence-corrected chi connectivity index (χ4v) is 12.2. The first-order valence-electron chi connectivity index (χ1n) is 22.4. The number of para-hydroxylation sites is 1. The molecule has 11 aromatic rings. The fourth-order valence-electron chi connectivity index (χ4n) is 12.2. The quantitative estimate of drug-likeness (QED) is 0.139. The normalized spacial score (nSPS) is 13.1. The van der Waals surface area contributed by atoms with Crippen LogP contribution < -0.4 is 37.5 Å². The molecule has 0 radical (unpaired) electrons. The highest BCUT2D eigenvalue weighted by molar-refractivity contribution is 7.01. The summed E-state index contributed by atoms with van der Waals surface area (Å²) in [6, 6.07) is 79.5. The van der Waals surface area contributed by atoms with Crippen molar-refractivity contribution >= 4 is 68.0 Å². The zero-order valence-corrected chi connectivity index (χ0v) is 34.7. The van der Waals surface area contributed by atoms with Gasteiger partial charge in [-0.15, -0.1) is 0 Å². The Balaban J connectivity index is 1.11. The third-order valence-corrected chi connectivity index (χ3v) is 14.8. The van der Waals surface area contributed by atoms with Gasteiger partial charge in [-0.1, -0.05) is 199 Å². The molecule has 64 heavy (non-hydrogen) atoms. The van der Waals surface area contributed by atoms with E-state index < -0.39 is 0 Å². The molecule has 15 rings (SSSR count). The molecule has 5 heterocycles. The number of benzene rings is 10. The van der Waals surface area contributed by atoms with Gasteiger partial charge in [0.2, 0.25) is 6.71 Å². The Morgan fingerprint density at radius 2 is 0.750 bits per heavy atom. The second-order valence-corrected chi connectivity index (χ2v) is 17.8. The highest BCUT2D eigenvalue weighted by Gasteiger charge is 2.43. The van der Waals surface area contributed by atoms with Crippen molar-refractivity contribution in [1.82, 2.24) is 4.57 Å². The van der Waals surface area contributed by atoms with Crippen LogP contribution >= 0.6 is 0 Å². The first kappa shape index (κ1) is 34.5. The second kappa shape index (κ2) is 12.8. The van der Waals surface area contributed by atoms with Crippen molar-refractivity contribution in [2.45, 2.75) is 0 Å². The molecule has 0 unspecified atom stereocenters. The van der Waals surface area contributed by atoms with Crippen molar-refractivity contribution < 1.29 is 4.74 Å². The van der Waals surface area contributed by atoms with Gasteiger partial charge in [-0.3, -0.25) is 0 Å². The topological polar surface area (TPSA) is 14.2 Å². The minimum absolute atomic E-state index is 0.0888. The Labute approximate surface area is 371 Å². The maximum absolute atomic E-state index is 7.38. The lowest BCUT2D eigenvalue weighted by atomic mass is 9.32. The predicted octanol–water partition coefficient (Wildman–Crippen LogP) is 10.9. The van der Waals surface area contributed by atoms with Crippen molar-refractivity contribution in [2.24, 2.45) is 0 Å². The SMILES string of the molecule is c1ccc2c(c1)B1c3cc4c(cc3Oc3cccc(c31)-c1ccccc1-c1ccccc1-2)B1c2ccccc2-c2ccccc2-c2ccccc2-c2ccc3c5ccccc5n-4c3c21. The van der Waals surface area contributed by atoms with Crippen molar-refractivity contribution in [3.05, 3.63) is 212 Å². The third-order valence-electron chi connectivity index (χ3n) is 14.8. The molecular formula is C60H35B2NO. The van der Waals surface area contributed by atoms with Crippen molar-refractivity contribution in [2.75, 3.05) is 0 Å². The summed E-state index contributed by atoms with van der Waals surface area (Å²) in [5.74, 6) is 1.82. The van der Waals surface area contributed by atoms with Crippen LogP contribution in [0.5, 0.6) is 11.5 Å². The van der Waals surface area contributed by atoms with Crippen molar-refractivity contribution in [3.63, 3.8) is 0 Å². The average molecular weight is 808 g/mol. The molecule has 0 amide bonds. The van der Waals surface area contributed by atoms with Crippen LogP contribution in [0.1, 0.15) is 0 Å². The van der Waals surface area contributed by atoms with E-state index in [0.29, 0.717) is 0 Å². The molecule has 4 heteroatoms. The first-order chi connectivity index (χ1) is 31.8. The maximum Gasteiger partial charge on any atom is 0.252 e. The lowest BCUT2D eigenvalue weighted by molar-refractivity contribution is 0.488. The molecule has 10 aromatic carbocycles. The fraction of sp³-hybridized carbons (Fsp3) is 0. The number of rotatable bonds is 0. The summed E-state index contributed by atoms with van der Waals surface area (Å²) in [5, 5.41) is 2.54. The summed E-state index contributed by atoms with van der Waals surface area (Å²) in [6.45, 7) is -0.193. The van der Waals surface area contributed by atoms with Crippen molar-refractivity contribution in [1.29, 1.82) is 0 Å². The highest BCUT2D eigenvalue weighted by atomic mass is 16.5. The summed E-state index contributed by atoms with van der Waals surface area (Å²) >= 11 is 0. The Kier molecular flexibility index (Phi) is 6.88. The minimum atomic E-state index is -0.104. The van der Waals surface area contributed by atoms with Crippen LogP contribution in [0.4, 0.5) is 0 Å². The Morgan fingerprint density at radius 3 is 1.34 bits per heavy atom. The molecule has 4 aliphatic rings. The van der Waals surface area contributed by atoms with Gasteiger partial charge in [0.1, 0.15) is 11.5 Å². The molecule has 0 N–H and O–H groups in total. The van der Waals surface area contributed by atoms with Crippen LogP contribution in [0.2, 0.25) is 0 Å². The third kappa shape index (κ3) is 4.47. The number of aromatic nitrogens is 1. The zero-order valence-electron chi connectivity index (χ0n) is 34.7. The van der Waals surface area contributed by atoms with Gasteiger partial charge in [-0.2, -0.15) is 0 Å². The number of nitrogens with zero attached hydrogens (tertiary/aromatic N) is 1. The molecule has 1 aromatic heterocycles. The minimum Gasteiger partial charge on any atom is -0.458 e. The van der Waals surface area contributed by atoms with Crippen LogP contribution in [0.15, 0.2) is 212 Å². The van der Waals surface area contributed by atoms with E-state index in [0.717, 1.165) is 11.5 Å². The van der Waals surface area contributed by atoms with Crippen LogP contribution in [-0.4, -0.2) is 18.0 Å². The van der Waals surface area contributed by atoms with Crippen molar-refractivity contribution in [3.8, 4) is 83.9 Å². The van der Waals surface area contributed by atoms with Crippen LogP contribution in [-0.2, 0) is 0 Å². The molecular weight excluding hydrogens is 772 g/mol. The molecule has 0 saturated heterocycles. The largest absolute Gasteiger partial charge is 0.458 e. The van der Waals surface area contributed by atoms with Gasteiger partial charge in [0.25, 0.3) is 6.71 Å². The van der Waals surface area contributed by atoms with E-state index in [4.69, 9.17) is 4.74 Å². The summed E-state index contributed by atoms with van der Waals surface area (Å²) in [4.78, 5) is 0. The van der Waals surface area contributed by atoms with E-state index in [1.807, 2.05) is 0 Å². The average Bonchev–Trinajstić information content (AvgIpc) is 3.73. The molecule has 0 bridgehead atoms. The number of hydrogen-bond acceptors (Lipinski definition) is 1. The Morgan fingerprint density at radius 1 is 0.297 bits per heavy atom.